The molecule has 2 heterocycles. The van der Waals surface area contributed by atoms with Crippen LogP contribution in [0.3, 0.4) is 0 Å². The molecule has 0 saturated heterocycles. The zero-order chi connectivity index (χ0) is 13.1. The van der Waals surface area contributed by atoms with Gasteiger partial charge in [0.25, 0.3) is 5.56 Å². The van der Waals surface area contributed by atoms with Crippen LogP contribution < -0.4 is 5.56 Å². The Balaban J connectivity index is 2.09. The van der Waals surface area contributed by atoms with Gasteiger partial charge in [-0.1, -0.05) is 36.4 Å². The van der Waals surface area contributed by atoms with Gasteiger partial charge in [0.05, 0.1) is 0 Å². The quantitative estimate of drug-likeness (QED) is 0.757. The third kappa shape index (κ3) is 2.31. The first-order chi connectivity index (χ1) is 9.34. The molecule has 3 aromatic rings. The minimum Gasteiger partial charge on any atom is -0.328 e. The number of H-pyrrole nitrogens is 1. The summed E-state index contributed by atoms with van der Waals surface area (Å²) in [6, 6.07) is 11.5. The Kier molecular flexibility index (Phi) is 2.94. The van der Waals surface area contributed by atoms with E-state index in [2.05, 4.69) is 9.97 Å². The first kappa shape index (κ1) is 11.4. The molecule has 1 N–H and O–H groups in total. The van der Waals surface area contributed by atoms with Crippen molar-refractivity contribution < 1.29 is 0 Å². The van der Waals surface area contributed by atoms with Gasteiger partial charge in [-0.15, -0.1) is 0 Å². The summed E-state index contributed by atoms with van der Waals surface area (Å²) >= 11 is 0. The van der Waals surface area contributed by atoms with Crippen LogP contribution in [0.25, 0.3) is 22.9 Å². The Labute approximate surface area is 110 Å². The van der Waals surface area contributed by atoms with Gasteiger partial charge in [-0.3, -0.25) is 9.78 Å². The Morgan fingerprint density at radius 3 is 2.63 bits per heavy atom. The van der Waals surface area contributed by atoms with E-state index < -0.39 is 0 Å². The smallest absolute Gasteiger partial charge is 0.255 e. The van der Waals surface area contributed by atoms with Crippen LogP contribution in [0, 0.1) is 0 Å². The molecule has 92 valence electrons. The summed E-state index contributed by atoms with van der Waals surface area (Å²) in [7, 11) is 0. The van der Waals surface area contributed by atoms with Gasteiger partial charge in [-0.05, 0) is 28.6 Å². The SMILES string of the molecule is O=c1[nH]cc(/C=C/c2cccnc2)c2ccccc12. The molecular weight excluding hydrogens is 236 g/mol. The van der Waals surface area contributed by atoms with Crippen molar-refractivity contribution in [3.63, 3.8) is 0 Å². The standard InChI is InChI=1S/C16H12N2O/c19-16-15-6-2-1-5-14(15)13(11-18-16)8-7-12-4-3-9-17-10-12/h1-11H,(H,18,19)/b8-7+. The normalized spacial score (nSPS) is 11.2. The molecule has 0 amide bonds. The molecule has 0 aliphatic heterocycles. The molecular formula is C16H12N2O. The molecule has 0 atom stereocenters. The van der Waals surface area contributed by atoms with Gasteiger partial charge in [0.1, 0.15) is 0 Å². The lowest BCUT2D eigenvalue weighted by Crippen LogP contribution is -2.05. The summed E-state index contributed by atoms with van der Waals surface area (Å²) in [4.78, 5) is 18.5. The number of pyridine rings is 2. The molecule has 0 spiro atoms. The summed E-state index contributed by atoms with van der Waals surface area (Å²) in [6.45, 7) is 0. The van der Waals surface area contributed by atoms with E-state index in [0.717, 1.165) is 16.5 Å². The van der Waals surface area contributed by atoms with Gasteiger partial charge in [0.15, 0.2) is 0 Å². The first-order valence-corrected chi connectivity index (χ1v) is 6.03. The molecule has 19 heavy (non-hydrogen) atoms. The predicted molar refractivity (Wildman–Crippen MR) is 77.7 cm³/mol. The predicted octanol–water partition coefficient (Wildman–Crippen LogP) is 3.09. The molecule has 0 unspecified atom stereocenters. The summed E-state index contributed by atoms with van der Waals surface area (Å²) in [5.74, 6) is 0. The van der Waals surface area contributed by atoms with Crippen LogP contribution in [0.2, 0.25) is 0 Å². The van der Waals surface area contributed by atoms with Gasteiger partial charge in [0, 0.05) is 24.0 Å². The zero-order valence-electron chi connectivity index (χ0n) is 10.2. The van der Waals surface area contributed by atoms with E-state index in [1.165, 1.54) is 0 Å². The van der Waals surface area contributed by atoms with Crippen LogP contribution in [-0.2, 0) is 0 Å². The van der Waals surface area contributed by atoms with Crippen LogP contribution in [0.1, 0.15) is 11.1 Å². The fourth-order valence-electron chi connectivity index (χ4n) is 2.03. The number of benzene rings is 1. The van der Waals surface area contributed by atoms with E-state index in [1.54, 1.807) is 18.6 Å². The monoisotopic (exact) mass is 248 g/mol. The molecule has 0 aliphatic carbocycles. The highest BCUT2D eigenvalue weighted by molar-refractivity contribution is 5.91. The van der Waals surface area contributed by atoms with Gasteiger partial charge < -0.3 is 4.98 Å². The van der Waals surface area contributed by atoms with Crippen LogP contribution in [-0.4, -0.2) is 9.97 Å². The van der Waals surface area contributed by atoms with Crippen molar-refractivity contribution >= 4 is 22.9 Å². The number of rotatable bonds is 2. The van der Waals surface area contributed by atoms with Crippen LogP contribution in [0.5, 0.6) is 0 Å². The Bertz CT molecular complexity index is 788. The second-order valence-corrected chi connectivity index (χ2v) is 4.24. The summed E-state index contributed by atoms with van der Waals surface area (Å²) in [5, 5.41) is 1.65. The Morgan fingerprint density at radius 1 is 1.00 bits per heavy atom. The van der Waals surface area contributed by atoms with E-state index in [1.807, 2.05) is 48.6 Å². The molecule has 0 saturated carbocycles. The maximum atomic E-state index is 11.7. The van der Waals surface area contributed by atoms with Crippen LogP contribution in [0.15, 0.2) is 59.8 Å². The number of nitrogens with one attached hydrogen (secondary N) is 1. The molecule has 0 radical (unpaired) electrons. The van der Waals surface area contributed by atoms with Crippen molar-refractivity contribution in [2.75, 3.05) is 0 Å². The molecule has 1 aromatic carbocycles. The van der Waals surface area contributed by atoms with E-state index in [9.17, 15) is 4.79 Å². The molecule has 3 rings (SSSR count). The first-order valence-electron chi connectivity index (χ1n) is 6.03. The van der Waals surface area contributed by atoms with E-state index in [-0.39, 0.29) is 5.56 Å². The number of hydrogen-bond acceptors (Lipinski definition) is 2. The maximum Gasteiger partial charge on any atom is 0.255 e. The molecule has 0 fully saturated rings. The lowest BCUT2D eigenvalue weighted by molar-refractivity contribution is 1.27. The van der Waals surface area contributed by atoms with Crippen molar-refractivity contribution in [2.24, 2.45) is 0 Å². The van der Waals surface area contributed by atoms with Gasteiger partial charge in [-0.2, -0.15) is 0 Å². The highest BCUT2D eigenvalue weighted by atomic mass is 16.1. The molecule has 2 aromatic heterocycles. The van der Waals surface area contributed by atoms with E-state index >= 15 is 0 Å². The van der Waals surface area contributed by atoms with Crippen molar-refractivity contribution in [3.05, 3.63) is 76.5 Å². The number of fused-ring (bicyclic) bond motifs is 1. The van der Waals surface area contributed by atoms with Crippen molar-refractivity contribution in [1.82, 2.24) is 9.97 Å². The third-order valence-corrected chi connectivity index (χ3v) is 2.98. The average molecular weight is 248 g/mol. The number of aromatic nitrogens is 2. The fraction of sp³-hybridized carbons (Fsp3) is 0. The molecule has 0 aliphatic rings. The molecule has 3 heteroatoms. The van der Waals surface area contributed by atoms with Crippen molar-refractivity contribution in [1.29, 1.82) is 0 Å². The largest absolute Gasteiger partial charge is 0.328 e. The minimum atomic E-state index is -0.0610. The lowest BCUT2D eigenvalue weighted by Gasteiger charge is -2.01. The summed E-state index contributed by atoms with van der Waals surface area (Å²) in [5.41, 5.74) is 1.95. The van der Waals surface area contributed by atoms with Crippen LogP contribution in [0.4, 0.5) is 0 Å². The lowest BCUT2D eigenvalue weighted by atomic mass is 10.1. The third-order valence-electron chi connectivity index (χ3n) is 2.98. The van der Waals surface area contributed by atoms with E-state index in [4.69, 9.17) is 0 Å². The number of nitrogens with zero attached hydrogens (tertiary/aromatic N) is 1. The number of aromatic amines is 1. The van der Waals surface area contributed by atoms with Gasteiger partial charge >= 0.3 is 0 Å². The fourth-order valence-corrected chi connectivity index (χ4v) is 2.03. The summed E-state index contributed by atoms with van der Waals surface area (Å²) in [6.07, 6.45) is 9.23. The van der Waals surface area contributed by atoms with Crippen molar-refractivity contribution in [3.8, 4) is 0 Å². The van der Waals surface area contributed by atoms with E-state index in [0.29, 0.717) is 5.39 Å². The second-order valence-electron chi connectivity index (χ2n) is 4.24. The second kappa shape index (κ2) is 4.90. The molecule has 3 nitrogen and oxygen atoms in total. The molecule has 0 bridgehead atoms. The Morgan fingerprint density at radius 2 is 1.84 bits per heavy atom. The topological polar surface area (TPSA) is 45.8 Å². The zero-order valence-corrected chi connectivity index (χ0v) is 10.2. The minimum absolute atomic E-state index is 0.0610. The number of hydrogen-bond donors (Lipinski definition) is 1. The average Bonchev–Trinajstić information content (AvgIpc) is 2.48. The Hall–Kier alpha value is -2.68. The van der Waals surface area contributed by atoms with Gasteiger partial charge in [-0.25, -0.2) is 0 Å². The highest BCUT2D eigenvalue weighted by Gasteiger charge is 2.00. The van der Waals surface area contributed by atoms with Crippen molar-refractivity contribution in [2.45, 2.75) is 0 Å². The maximum absolute atomic E-state index is 11.7. The van der Waals surface area contributed by atoms with Crippen LogP contribution >= 0.6 is 0 Å². The summed E-state index contributed by atoms with van der Waals surface area (Å²) < 4.78 is 0. The highest BCUT2D eigenvalue weighted by Crippen LogP contribution is 2.16. The van der Waals surface area contributed by atoms with Gasteiger partial charge in [0.2, 0.25) is 0 Å².